The minimum absolute atomic E-state index is 0.00327. The summed E-state index contributed by atoms with van der Waals surface area (Å²) in [5.41, 5.74) is 8.30. The minimum atomic E-state index is -0.0341. The second-order valence-electron chi connectivity index (χ2n) is 25.3. The molecule has 8 atom stereocenters. The number of benzene rings is 2. The summed E-state index contributed by atoms with van der Waals surface area (Å²) in [7, 11) is 9.04. The van der Waals surface area contributed by atoms with E-state index in [9.17, 15) is 10.2 Å². The van der Waals surface area contributed by atoms with Gasteiger partial charge >= 0.3 is 0 Å². The Labute approximate surface area is 473 Å². The summed E-state index contributed by atoms with van der Waals surface area (Å²) < 4.78 is 32.0. The van der Waals surface area contributed by atoms with E-state index in [4.69, 9.17) is 18.9 Å². The second-order valence-corrected chi connectivity index (χ2v) is 25.3. The number of rotatable bonds is 18. The van der Waals surface area contributed by atoms with Gasteiger partial charge in [0.15, 0.2) is 0 Å². The molecular formula is C64H108N8O6. The van der Waals surface area contributed by atoms with Gasteiger partial charge in [-0.2, -0.15) is 10.2 Å². The van der Waals surface area contributed by atoms with Crippen LogP contribution < -0.4 is 0 Å². The van der Waals surface area contributed by atoms with Crippen LogP contribution in [0.3, 0.4) is 0 Å². The zero-order valence-corrected chi connectivity index (χ0v) is 51.5. The molecule has 1 aliphatic heterocycles. The molecule has 4 aromatic rings. The highest BCUT2D eigenvalue weighted by Gasteiger charge is 2.29. The Morgan fingerprint density at radius 3 is 1.01 bits per heavy atom. The topological polar surface area (TPSA) is 126 Å². The lowest BCUT2D eigenvalue weighted by molar-refractivity contribution is -0.0536. The van der Waals surface area contributed by atoms with Gasteiger partial charge in [0, 0.05) is 73.9 Å². The van der Waals surface area contributed by atoms with Crippen molar-refractivity contribution >= 4 is 0 Å². The van der Waals surface area contributed by atoms with Gasteiger partial charge in [0.25, 0.3) is 0 Å². The molecule has 0 radical (unpaired) electrons. The summed E-state index contributed by atoms with van der Waals surface area (Å²) in [5.74, 6) is 2.01. The maximum Gasteiger partial charge on any atom is 0.0743 e. The smallest absolute Gasteiger partial charge is 0.0743 e. The second kappa shape index (κ2) is 32.8. The fourth-order valence-electron chi connectivity index (χ4n) is 11.3. The summed E-state index contributed by atoms with van der Waals surface area (Å²) in [6.45, 7) is 33.9. The molecule has 0 aliphatic carbocycles. The zero-order valence-electron chi connectivity index (χ0n) is 51.5. The van der Waals surface area contributed by atoms with Crippen molar-refractivity contribution in [2.45, 2.75) is 196 Å². The number of hydrogen-bond acceptors (Lipinski definition) is 12. The predicted octanol–water partition coefficient (Wildman–Crippen LogP) is 9.54. The van der Waals surface area contributed by atoms with Gasteiger partial charge in [-0.05, 0) is 140 Å². The molecule has 1 saturated heterocycles. The van der Waals surface area contributed by atoms with Gasteiger partial charge in [0.2, 0.25) is 0 Å². The largest absolute Gasteiger partial charge is 0.392 e. The molecule has 1 fully saturated rings. The van der Waals surface area contributed by atoms with Crippen LogP contribution in [0.15, 0.2) is 60.9 Å². The Balaban J connectivity index is 1.41. The van der Waals surface area contributed by atoms with Crippen molar-refractivity contribution in [1.29, 1.82) is 0 Å². The summed E-state index contributed by atoms with van der Waals surface area (Å²) >= 11 is 0. The molecule has 5 rings (SSSR count). The first kappa shape index (κ1) is 65.3. The van der Waals surface area contributed by atoms with E-state index in [2.05, 4.69) is 176 Å². The van der Waals surface area contributed by atoms with Gasteiger partial charge in [-0.3, -0.25) is 29.0 Å². The van der Waals surface area contributed by atoms with Crippen LogP contribution in [0.2, 0.25) is 0 Å². The Morgan fingerprint density at radius 2 is 0.731 bits per heavy atom. The molecule has 2 N–H and O–H groups in total. The maximum atomic E-state index is 9.75. The Kier molecular flexibility index (Phi) is 27.4. The number of likely N-dealkylation sites (N-methyl/N-ethyl adjacent to an activating group) is 4. The predicted molar refractivity (Wildman–Crippen MR) is 318 cm³/mol. The van der Waals surface area contributed by atoms with Crippen molar-refractivity contribution in [3.05, 3.63) is 106 Å². The average molecular weight is 1090 g/mol. The number of ether oxygens (including phenoxy) is 4. The van der Waals surface area contributed by atoms with Gasteiger partial charge in [0.05, 0.1) is 88.5 Å². The number of aryl methyl sites for hydroxylation is 2. The van der Waals surface area contributed by atoms with Crippen LogP contribution in [-0.4, -0.2) is 179 Å². The van der Waals surface area contributed by atoms with Crippen LogP contribution in [-0.2, 0) is 58.1 Å². The fraction of sp³-hybridized carbons (Fsp3) is 0.719. The molecule has 2 aromatic carbocycles. The van der Waals surface area contributed by atoms with Gasteiger partial charge < -0.3 is 29.2 Å². The molecule has 14 heteroatoms. The van der Waals surface area contributed by atoms with E-state index < -0.39 is 0 Å². The van der Waals surface area contributed by atoms with Crippen LogP contribution in [0.1, 0.15) is 140 Å². The monoisotopic (exact) mass is 1080 g/mol. The van der Waals surface area contributed by atoms with Crippen molar-refractivity contribution in [3.8, 4) is 0 Å². The highest BCUT2D eigenvalue weighted by atomic mass is 16.5. The number of aliphatic hydroxyl groups is 2. The minimum Gasteiger partial charge on any atom is -0.392 e. The zero-order chi connectivity index (χ0) is 57.1. The number of nitrogens with zero attached hydrogens (tertiary/aromatic N) is 8. The van der Waals surface area contributed by atoms with Crippen molar-refractivity contribution in [1.82, 2.24) is 39.2 Å². The molecule has 0 unspecified atom stereocenters. The molecule has 0 bridgehead atoms. The highest BCUT2D eigenvalue weighted by molar-refractivity contribution is 5.25. The Hall–Kier alpha value is -3.54. The summed E-state index contributed by atoms with van der Waals surface area (Å²) in [4.78, 5) is 9.98. The van der Waals surface area contributed by atoms with Crippen molar-refractivity contribution < 1.29 is 29.2 Å². The molecule has 0 saturated carbocycles. The van der Waals surface area contributed by atoms with Crippen molar-refractivity contribution in [3.63, 3.8) is 0 Å². The third-order valence-corrected chi connectivity index (χ3v) is 15.8. The standard InChI is InChI=1S/C64H108N8O6/c1-45(2)25-59-41-75-49(9)31-67(13)62(28-48(7)8)44-78-64(30-54-19-23-56(24-20-54)34-72-36-58(40-74)52(12)66-72)38-70(16)60(26-46(3)4)42-76-50(10)32-68(14)61(27-47(5)6)43-77-63(37-69(59)15)29-53-17-21-55(22-18-53)33-71-35-57(39-73)51(11)65-71/h17-24,35-36,45-50,59-64,73-74H,25-34,37-44H2,1-16H3/t49-,50-,59+,60+,61+,62+,63-,64-/m1/s1. The first-order chi connectivity index (χ1) is 37.1. The number of aliphatic hydroxyl groups excluding tert-OH is 2. The van der Waals surface area contributed by atoms with Crippen molar-refractivity contribution in [2.75, 3.05) is 80.8 Å². The van der Waals surface area contributed by atoms with E-state index in [0.29, 0.717) is 63.2 Å². The van der Waals surface area contributed by atoms with Crippen LogP contribution in [0.5, 0.6) is 0 Å². The quantitative estimate of drug-likeness (QED) is 0.0986. The van der Waals surface area contributed by atoms with E-state index >= 15 is 0 Å². The Morgan fingerprint density at radius 1 is 0.449 bits per heavy atom. The number of aromatic nitrogens is 4. The highest BCUT2D eigenvalue weighted by Crippen LogP contribution is 2.23. The van der Waals surface area contributed by atoms with E-state index in [1.165, 1.54) is 22.3 Å². The summed E-state index contributed by atoms with van der Waals surface area (Å²) in [6, 6.07) is 18.7. The first-order valence-corrected chi connectivity index (χ1v) is 29.8. The molecule has 3 heterocycles. The van der Waals surface area contributed by atoms with Crippen molar-refractivity contribution in [2.24, 2.45) is 23.7 Å². The molecule has 78 heavy (non-hydrogen) atoms. The number of hydrogen-bond donors (Lipinski definition) is 2. The normalized spacial score (nSPS) is 24.7. The van der Waals surface area contributed by atoms with Crippen LogP contribution >= 0.6 is 0 Å². The molecule has 440 valence electrons. The van der Waals surface area contributed by atoms with Crippen LogP contribution in [0.4, 0.5) is 0 Å². The first-order valence-electron chi connectivity index (χ1n) is 29.8. The average Bonchev–Trinajstić information content (AvgIpc) is 3.92. The van der Waals surface area contributed by atoms with Crippen LogP contribution in [0, 0.1) is 37.5 Å². The molecule has 1 aliphatic rings. The van der Waals surface area contributed by atoms with E-state index in [1.54, 1.807) is 0 Å². The summed E-state index contributed by atoms with van der Waals surface area (Å²) in [5, 5.41) is 28.8. The molecule has 0 amide bonds. The third-order valence-electron chi connectivity index (χ3n) is 15.8. The van der Waals surface area contributed by atoms with Crippen LogP contribution in [0.25, 0.3) is 0 Å². The molecular weight excluding hydrogens is 977 g/mol. The van der Waals surface area contributed by atoms with Gasteiger partial charge in [-0.1, -0.05) is 104 Å². The van der Waals surface area contributed by atoms with Gasteiger partial charge in [-0.15, -0.1) is 0 Å². The summed E-state index contributed by atoms with van der Waals surface area (Å²) in [6.07, 6.45) is 9.56. The molecule has 0 spiro atoms. The van der Waals surface area contributed by atoms with Gasteiger partial charge in [-0.25, -0.2) is 0 Å². The molecule has 2 aromatic heterocycles. The fourth-order valence-corrected chi connectivity index (χ4v) is 11.3. The lowest BCUT2D eigenvalue weighted by atomic mass is 10.0. The van der Waals surface area contributed by atoms with E-state index in [-0.39, 0.29) is 61.8 Å². The Bertz CT molecular complexity index is 2090. The molecule has 14 nitrogen and oxygen atoms in total. The van der Waals surface area contributed by atoms with Gasteiger partial charge in [0.1, 0.15) is 0 Å². The van der Waals surface area contributed by atoms with E-state index in [1.807, 2.05) is 35.6 Å². The lowest BCUT2D eigenvalue weighted by Gasteiger charge is -2.37. The lowest BCUT2D eigenvalue weighted by Crippen LogP contribution is -2.47. The van der Waals surface area contributed by atoms with E-state index in [0.717, 1.165) is 87.2 Å². The SMILES string of the molecule is Cc1nn(Cc2ccc(C[C@@H]3CN(C)[C@@H](CC(C)C)CO[C@H](C)CN(C)[C@@H](CC(C)C)CO[C@H](Cc4ccc(Cn5cc(CO)c(C)n5)cc4)CN(C)[C@@H](CC(C)C)CO[C@H](C)CN(C)[C@@H](CC(C)C)CO3)cc2)cc1CO. The maximum absolute atomic E-state index is 9.75. The third kappa shape index (κ3) is 22.4.